The van der Waals surface area contributed by atoms with Gasteiger partial charge in [-0.25, -0.2) is 8.42 Å². The Morgan fingerprint density at radius 2 is 1.94 bits per heavy atom. The van der Waals surface area contributed by atoms with Gasteiger partial charge < -0.3 is 0 Å². The summed E-state index contributed by atoms with van der Waals surface area (Å²) in [7, 11) is 1.85. The number of hydrogen-bond acceptors (Lipinski definition) is 2. The van der Waals surface area contributed by atoms with Crippen LogP contribution in [0.25, 0.3) is 0 Å². The summed E-state index contributed by atoms with van der Waals surface area (Å²) in [5.41, 5.74) is 1.99. The first-order valence-electron chi connectivity index (χ1n) is 5.16. The van der Waals surface area contributed by atoms with E-state index in [1.165, 1.54) is 5.56 Å². The zero-order chi connectivity index (χ0) is 12.4. The second-order valence-corrected chi connectivity index (χ2v) is 7.79. The smallest absolute Gasteiger partial charge is 0.212 e. The van der Waals surface area contributed by atoms with Crippen LogP contribution < -0.4 is 0 Å². The van der Waals surface area contributed by atoms with Gasteiger partial charge in [-0.15, -0.1) is 0 Å². The van der Waals surface area contributed by atoms with E-state index in [2.05, 4.69) is 6.07 Å². The lowest BCUT2D eigenvalue weighted by Crippen LogP contribution is -2.23. The lowest BCUT2D eigenvalue weighted by atomic mass is 9.87. The van der Waals surface area contributed by atoms with E-state index in [-0.39, 0.29) is 11.2 Å². The summed E-state index contributed by atoms with van der Waals surface area (Å²) < 4.78 is 22.1. The second kappa shape index (κ2) is 4.76. The van der Waals surface area contributed by atoms with Gasteiger partial charge in [-0.2, -0.15) is 0 Å². The van der Waals surface area contributed by atoms with E-state index >= 15 is 0 Å². The molecule has 0 N–H and O–H groups in total. The summed E-state index contributed by atoms with van der Waals surface area (Å²) in [5, 5.41) is 0. The second-order valence-electron chi connectivity index (χ2n) is 5.01. The summed E-state index contributed by atoms with van der Waals surface area (Å²) in [6.45, 7) is 5.85. The minimum Gasteiger partial charge on any atom is -0.212 e. The van der Waals surface area contributed by atoms with Crippen molar-refractivity contribution in [3.63, 3.8) is 0 Å². The number of benzene rings is 1. The van der Waals surface area contributed by atoms with Gasteiger partial charge in [0.05, 0.1) is 5.75 Å². The highest BCUT2D eigenvalue weighted by Crippen LogP contribution is 2.25. The molecule has 0 bridgehead atoms. The van der Waals surface area contributed by atoms with Gasteiger partial charge in [0, 0.05) is 10.7 Å². The van der Waals surface area contributed by atoms with E-state index in [4.69, 9.17) is 10.7 Å². The number of halogens is 1. The number of aryl methyl sites for hydroxylation is 1. The van der Waals surface area contributed by atoms with Crippen LogP contribution >= 0.6 is 10.7 Å². The van der Waals surface area contributed by atoms with Crippen LogP contribution in [0.15, 0.2) is 24.3 Å². The van der Waals surface area contributed by atoms with Gasteiger partial charge in [-0.1, -0.05) is 43.7 Å². The molecule has 0 radical (unpaired) electrons. The quantitative estimate of drug-likeness (QED) is 0.780. The summed E-state index contributed by atoms with van der Waals surface area (Å²) in [6.07, 6.45) is 0.709. The van der Waals surface area contributed by atoms with Crippen molar-refractivity contribution in [3.05, 3.63) is 35.4 Å². The van der Waals surface area contributed by atoms with Crippen molar-refractivity contribution < 1.29 is 8.42 Å². The van der Waals surface area contributed by atoms with E-state index in [0.717, 1.165) is 5.56 Å². The molecule has 2 nitrogen and oxygen atoms in total. The predicted octanol–water partition coefficient (Wildman–Crippen LogP) is 3.13. The van der Waals surface area contributed by atoms with Crippen LogP contribution in [0.2, 0.25) is 0 Å². The third kappa shape index (κ3) is 4.99. The predicted molar refractivity (Wildman–Crippen MR) is 68.3 cm³/mol. The molecule has 0 saturated heterocycles. The van der Waals surface area contributed by atoms with Crippen LogP contribution in [-0.4, -0.2) is 14.2 Å². The first-order chi connectivity index (χ1) is 7.18. The Morgan fingerprint density at radius 3 is 2.44 bits per heavy atom. The highest BCUT2D eigenvalue weighted by atomic mass is 35.7. The molecule has 1 rings (SSSR count). The van der Waals surface area contributed by atoms with Crippen LogP contribution in [0.1, 0.15) is 25.0 Å². The van der Waals surface area contributed by atoms with Crippen LogP contribution in [-0.2, 0) is 15.5 Å². The molecule has 0 fully saturated rings. The zero-order valence-electron chi connectivity index (χ0n) is 9.83. The molecule has 0 saturated carbocycles. The minimum absolute atomic E-state index is 0.00447. The molecule has 0 amide bonds. The minimum atomic E-state index is -3.44. The molecule has 90 valence electrons. The van der Waals surface area contributed by atoms with Crippen LogP contribution in [0.5, 0.6) is 0 Å². The Balaban J connectivity index is 2.80. The molecule has 0 spiro atoms. The van der Waals surface area contributed by atoms with Crippen LogP contribution in [0, 0.1) is 12.3 Å². The van der Waals surface area contributed by atoms with E-state index in [9.17, 15) is 8.42 Å². The molecule has 1 aromatic rings. The van der Waals surface area contributed by atoms with Gasteiger partial charge in [-0.3, -0.25) is 0 Å². The molecule has 1 aromatic carbocycles. The third-order valence-corrected chi connectivity index (χ3v) is 3.78. The van der Waals surface area contributed by atoms with Gasteiger partial charge in [0.2, 0.25) is 9.05 Å². The summed E-state index contributed by atoms with van der Waals surface area (Å²) >= 11 is 0. The normalized spacial score (nSPS) is 12.8. The van der Waals surface area contributed by atoms with E-state index in [1.807, 2.05) is 39.0 Å². The van der Waals surface area contributed by atoms with Gasteiger partial charge in [-0.05, 0) is 24.3 Å². The Hall–Kier alpha value is -0.540. The van der Waals surface area contributed by atoms with Crippen molar-refractivity contribution in [2.75, 3.05) is 5.75 Å². The molecule has 0 aromatic heterocycles. The fourth-order valence-corrected chi connectivity index (χ4v) is 3.81. The molecule has 0 aliphatic rings. The first-order valence-corrected chi connectivity index (χ1v) is 7.64. The van der Waals surface area contributed by atoms with Crippen molar-refractivity contribution in [1.29, 1.82) is 0 Å². The van der Waals surface area contributed by atoms with Crippen LogP contribution in [0.4, 0.5) is 0 Å². The van der Waals surface area contributed by atoms with E-state index < -0.39 is 9.05 Å². The molecular formula is C12H17ClO2S. The Labute approximate surface area is 102 Å². The Morgan fingerprint density at radius 1 is 1.31 bits per heavy atom. The third-order valence-electron chi connectivity index (χ3n) is 2.33. The van der Waals surface area contributed by atoms with Crippen LogP contribution in [0.3, 0.4) is 0 Å². The Kier molecular flexibility index (Phi) is 4.02. The van der Waals surface area contributed by atoms with Gasteiger partial charge in [0.25, 0.3) is 0 Å². The Bertz CT molecular complexity index is 464. The lowest BCUT2D eigenvalue weighted by molar-refractivity contribution is 0.412. The van der Waals surface area contributed by atoms with Gasteiger partial charge in [0.1, 0.15) is 0 Å². The molecular weight excluding hydrogens is 244 g/mol. The topological polar surface area (TPSA) is 34.1 Å². The SMILES string of the molecule is Cc1cccc(CC(C)(C)CS(=O)(=O)Cl)c1. The average molecular weight is 261 g/mol. The first kappa shape index (κ1) is 13.5. The maximum atomic E-state index is 11.1. The zero-order valence-corrected chi connectivity index (χ0v) is 11.4. The molecule has 4 heteroatoms. The lowest BCUT2D eigenvalue weighted by Gasteiger charge is -2.22. The summed E-state index contributed by atoms with van der Waals surface area (Å²) in [5.74, 6) is -0.00447. The molecule has 16 heavy (non-hydrogen) atoms. The largest absolute Gasteiger partial charge is 0.233 e. The fourth-order valence-electron chi connectivity index (χ4n) is 1.89. The average Bonchev–Trinajstić information content (AvgIpc) is 1.96. The van der Waals surface area contributed by atoms with Gasteiger partial charge in [0.15, 0.2) is 0 Å². The van der Waals surface area contributed by atoms with E-state index in [0.29, 0.717) is 6.42 Å². The summed E-state index contributed by atoms with van der Waals surface area (Å²) in [4.78, 5) is 0. The molecule has 0 unspecified atom stereocenters. The maximum absolute atomic E-state index is 11.1. The molecule has 0 aliphatic carbocycles. The summed E-state index contributed by atoms with van der Waals surface area (Å²) in [6, 6.07) is 8.09. The van der Waals surface area contributed by atoms with Crippen molar-refractivity contribution in [2.24, 2.45) is 5.41 Å². The standard InChI is InChI=1S/C12H17ClO2S/c1-10-5-4-6-11(7-10)8-12(2,3)9-16(13,14)15/h4-7H,8-9H2,1-3H3. The molecule has 0 heterocycles. The van der Waals surface area contributed by atoms with Crippen molar-refractivity contribution in [2.45, 2.75) is 27.2 Å². The molecule has 0 atom stereocenters. The molecule has 0 aliphatic heterocycles. The highest BCUT2D eigenvalue weighted by molar-refractivity contribution is 8.13. The van der Waals surface area contributed by atoms with Crippen molar-refractivity contribution >= 4 is 19.7 Å². The monoisotopic (exact) mass is 260 g/mol. The van der Waals surface area contributed by atoms with Gasteiger partial charge >= 0.3 is 0 Å². The van der Waals surface area contributed by atoms with E-state index in [1.54, 1.807) is 0 Å². The fraction of sp³-hybridized carbons (Fsp3) is 0.500. The van der Waals surface area contributed by atoms with Crippen molar-refractivity contribution in [1.82, 2.24) is 0 Å². The number of hydrogen-bond donors (Lipinski definition) is 0. The maximum Gasteiger partial charge on any atom is 0.233 e. The number of rotatable bonds is 4. The van der Waals surface area contributed by atoms with Crippen molar-refractivity contribution in [3.8, 4) is 0 Å². The highest BCUT2D eigenvalue weighted by Gasteiger charge is 2.25.